The smallest absolute Gasteiger partial charge is 0.268 e. The summed E-state index contributed by atoms with van der Waals surface area (Å²) in [4.78, 5) is 0. The van der Waals surface area contributed by atoms with E-state index in [9.17, 15) is 8.42 Å². The molecule has 0 aromatic heterocycles. The van der Waals surface area contributed by atoms with Crippen LogP contribution < -0.4 is 5.32 Å². The minimum absolute atomic E-state index is 0.195. The van der Waals surface area contributed by atoms with Gasteiger partial charge in [0.05, 0.1) is 6.61 Å². The molecule has 0 fully saturated rings. The number of hydrogen-bond acceptors (Lipinski definition) is 5. The Bertz CT molecular complexity index is 223. The van der Waals surface area contributed by atoms with Crippen LogP contribution >= 0.6 is 0 Å². The largest absolute Gasteiger partial charge is 0.395 e. The van der Waals surface area contributed by atoms with Gasteiger partial charge in [0.25, 0.3) is 10.1 Å². The predicted octanol–water partition coefficient (Wildman–Crippen LogP) is -1.45. The van der Waals surface area contributed by atoms with Gasteiger partial charge >= 0.3 is 0 Å². The van der Waals surface area contributed by atoms with E-state index in [-0.39, 0.29) is 12.6 Å². The minimum Gasteiger partial charge on any atom is -0.395 e. The third-order valence-electron chi connectivity index (χ3n) is 1.51. The molecule has 0 rings (SSSR count). The van der Waals surface area contributed by atoms with Gasteiger partial charge in [-0.2, -0.15) is 8.42 Å². The Hall–Kier alpha value is -0.210. The fourth-order valence-electron chi connectivity index (χ4n) is 0.819. The number of nitrogens with one attached hydrogen (secondary N) is 1. The van der Waals surface area contributed by atoms with E-state index >= 15 is 0 Å². The molecule has 0 aliphatic heterocycles. The van der Waals surface area contributed by atoms with Crippen molar-refractivity contribution in [1.82, 2.24) is 5.32 Å². The molecule has 0 spiro atoms. The van der Waals surface area contributed by atoms with Crippen LogP contribution in [0.1, 0.15) is 13.3 Å². The topological polar surface area (TPSA) is 107 Å². The zero-order valence-electron chi connectivity index (χ0n) is 7.34. The van der Waals surface area contributed by atoms with Crippen molar-refractivity contribution in [3.05, 3.63) is 0 Å². The van der Waals surface area contributed by atoms with Crippen LogP contribution in [0.15, 0.2) is 0 Å². The standard InChI is InChI=1S/C6H15NO5S/c1-2-5(3-8)7-6(9)4-13(10,11)12/h5-9H,2-4H2,1H3,(H,10,11,12). The van der Waals surface area contributed by atoms with E-state index in [1.165, 1.54) is 0 Å². The van der Waals surface area contributed by atoms with Crippen LogP contribution in [0.3, 0.4) is 0 Å². The van der Waals surface area contributed by atoms with E-state index in [0.29, 0.717) is 6.42 Å². The van der Waals surface area contributed by atoms with Gasteiger partial charge in [-0.15, -0.1) is 0 Å². The van der Waals surface area contributed by atoms with Gasteiger partial charge in [-0.1, -0.05) is 6.92 Å². The Morgan fingerprint density at radius 3 is 2.31 bits per heavy atom. The van der Waals surface area contributed by atoms with Gasteiger partial charge in [0.15, 0.2) is 0 Å². The molecule has 2 atom stereocenters. The van der Waals surface area contributed by atoms with E-state index in [4.69, 9.17) is 14.8 Å². The molecule has 0 aliphatic rings. The number of aliphatic hydroxyl groups excluding tert-OH is 2. The van der Waals surface area contributed by atoms with Crippen molar-refractivity contribution < 1.29 is 23.2 Å². The lowest BCUT2D eigenvalue weighted by atomic mass is 10.2. The zero-order valence-corrected chi connectivity index (χ0v) is 8.16. The lowest BCUT2D eigenvalue weighted by Gasteiger charge is -2.18. The first-order chi connectivity index (χ1) is 5.89. The van der Waals surface area contributed by atoms with Gasteiger partial charge in [0, 0.05) is 6.04 Å². The van der Waals surface area contributed by atoms with E-state index < -0.39 is 22.1 Å². The summed E-state index contributed by atoms with van der Waals surface area (Å²) < 4.78 is 28.9. The molecule has 0 aliphatic carbocycles. The fraction of sp³-hybridized carbons (Fsp3) is 1.00. The summed E-state index contributed by atoms with van der Waals surface area (Å²) in [6, 6.07) is -0.364. The first kappa shape index (κ1) is 12.8. The average Bonchev–Trinajstić information content (AvgIpc) is 1.96. The van der Waals surface area contributed by atoms with Crippen LogP contribution in [0, 0.1) is 0 Å². The molecule has 0 aromatic carbocycles. The first-order valence-electron chi connectivity index (χ1n) is 3.89. The Labute approximate surface area is 77.3 Å². The normalized spacial score (nSPS) is 16.9. The van der Waals surface area contributed by atoms with E-state index in [1.807, 2.05) is 0 Å². The average molecular weight is 213 g/mol. The molecule has 80 valence electrons. The molecule has 0 amide bonds. The lowest BCUT2D eigenvalue weighted by Crippen LogP contribution is -2.43. The van der Waals surface area contributed by atoms with Crippen LogP contribution in [-0.2, 0) is 10.1 Å². The maximum atomic E-state index is 10.3. The molecular weight excluding hydrogens is 198 g/mol. The molecule has 4 N–H and O–H groups in total. The summed E-state index contributed by atoms with van der Waals surface area (Å²) in [5.74, 6) is -0.774. The second kappa shape index (κ2) is 5.51. The molecule has 0 radical (unpaired) electrons. The summed E-state index contributed by atoms with van der Waals surface area (Å²) in [6.45, 7) is 1.58. The molecule has 0 aromatic rings. The summed E-state index contributed by atoms with van der Waals surface area (Å²) in [6.07, 6.45) is -0.800. The molecule has 13 heavy (non-hydrogen) atoms. The summed E-state index contributed by atoms with van der Waals surface area (Å²) in [5.41, 5.74) is 0. The van der Waals surface area contributed by atoms with Crippen molar-refractivity contribution >= 4 is 10.1 Å². The number of aliphatic hydroxyl groups is 2. The third-order valence-corrected chi connectivity index (χ3v) is 2.25. The highest BCUT2D eigenvalue weighted by Crippen LogP contribution is 1.93. The van der Waals surface area contributed by atoms with Crippen molar-refractivity contribution in [3.63, 3.8) is 0 Å². The van der Waals surface area contributed by atoms with Crippen molar-refractivity contribution in [2.24, 2.45) is 0 Å². The van der Waals surface area contributed by atoms with Gasteiger partial charge in [0.1, 0.15) is 12.0 Å². The zero-order chi connectivity index (χ0) is 10.5. The first-order valence-corrected chi connectivity index (χ1v) is 5.50. The van der Waals surface area contributed by atoms with E-state index in [1.54, 1.807) is 6.92 Å². The SMILES string of the molecule is CCC(CO)NC(O)CS(=O)(=O)O. The maximum Gasteiger partial charge on any atom is 0.268 e. The van der Waals surface area contributed by atoms with Crippen molar-refractivity contribution in [1.29, 1.82) is 0 Å². The van der Waals surface area contributed by atoms with Gasteiger partial charge in [0.2, 0.25) is 0 Å². The van der Waals surface area contributed by atoms with Gasteiger partial charge in [-0.05, 0) is 6.42 Å². The molecule has 6 nitrogen and oxygen atoms in total. The van der Waals surface area contributed by atoms with Crippen LogP contribution in [-0.4, -0.2) is 47.8 Å². The minimum atomic E-state index is -4.18. The monoisotopic (exact) mass is 213 g/mol. The molecule has 0 saturated heterocycles. The molecule has 7 heteroatoms. The van der Waals surface area contributed by atoms with E-state index in [0.717, 1.165) is 0 Å². The second-order valence-corrected chi connectivity index (χ2v) is 4.22. The highest BCUT2D eigenvalue weighted by Gasteiger charge is 2.16. The fourth-order valence-corrected chi connectivity index (χ4v) is 1.31. The summed E-state index contributed by atoms with van der Waals surface area (Å²) in [5, 5.41) is 20.2. The van der Waals surface area contributed by atoms with Gasteiger partial charge < -0.3 is 10.2 Å². The van der Waals surface area contributed by atoms with Crippen molar-refractivity contribution in [3.8, 4) is 0 Å². The number of hydrogen-bond donors (Lipinski definition) is 4. The Balaban J connectivity index is 3.93. The Morgan fingerprint density at radius 2 is 2.00 bits per heavy atom. The second-order valence-electron chi connectivity index (χ2n) is 2.72. The van der Waals surface area contributed by atoms with Crippen LogP contribution in [0.5, 0.6) is 0 Å². The maximum absolute atomic E-state index is 10.3. The Kier molecular flexibility index (Phi) is 5.42. The number of rotatable bonds is 6. The summed E-state index contributed by atoms with van der Waals surface area (Å²) >= 11 is 0. The molecule has 0 saturated carbocycles. The van der Waals surface area contributed by atoms with Crippen LogP contribution in [0.2, 0.25) is 0 Å². The lowest BCUT2D eigenvalue weighted by molar-refractivity contribution is 0.118. The van der Waals surface area contributed by atoms with Gasteiger partial charge in [-0.25, -0.2) is 0 Å². The van der Waals surface area contributed by atoms with Crippen LogP contribution in [0.4, 0.5) is 0 Å². The van der Waals surface area contributed by atoms with E-state index in [2.05, 4.69) is 5.32 Å². The van der Waals surface area contributed by atoms with Crippen molar-refractivity contribution in [2.75, 3.05) is 12.4 Å². The van der Waals surface area contributed by atoms with Crippen LogP contribution in [0.25, 0.3) is 0 Å². The third kappa shape index (κ3) is 6.91. The molecule has 0 heterocycles. The summed E-state index contributed by atoms with van der Waals surface area (Å²) in [7, 11) is -4.18. The highest BCUT2D eigenvalue weighted by molar-refractivity contribution is 7.85. The molecule has 2 unspecified atom stereocenters. The molecule has 0 bridgehead atoms. The highest BCUT2D eigenvalue weighted by atomic mass is 32.2. The van der Waals surface area contributed by atoms with Crippen molar-refractivity contribution in [2.45, 2.75) is 25.6 Å². The Morgan fingerprint density at radius 1 is 1.46 bits per heavy atom. The van der Waals surface area contributed by atoms with Gasteiger partial charge in [-0.3, -0.25) is 9.87 Å². The molecular formula is C6H15NO5S. The predicted molar refractivity (Wildman–Crippen MR) is 46.7 cm³/mol. The quantitative estimate of drug-likeness (QED) is 0.318.